The van der Waals surface area contributed by atoms with Crippen molar-refractivity contribution in [3.8, 4) is 6.07 Å². The Bertz CT molecular complexity index is 117. The van der Waals surface area contributed by atoms with Gasteiger partial charge in [-0.1, -0.05) is 6.08 Å². The van der Waals surface area contributed by atoms with Gasteiger partial charge >= 0.3 is 0 Å². The lowest BCUT2D eigenvalue weighted by Crippen LogP contribution is -2.12. The molecule has 0 aromatic carbocycles. The van der Waals surface area contributed by atoms with Gasteiger partial charge in [0.15, 0.2) is 6.10 Å². The Labute approximate surface area is 54.2 Å². The molecule has 0 unspecified atom stereocenters. The molecular weight excluding hydrogens is 118 g/mol. The Morgan fingerprint density at radius 1 is 1.89 bits per heavy atom. The second-order valence-electron chi connectivity index (χ2n) is 1.47. The molecule has 0 aromatic heterocycles. The molecule has 0 spiro atoms. The normalized spacial score (nSPS) is 12.0. The van der Waals surface area contributed by atoms with Gasteiger partial charge in [0.25, 0.3) is 0 Å². The van der Waals surface area contributed by atoms with Gasteiger partial charge in [0.05, 0.1) is 19.3 Å². The van der Waals surface area contributed by atoms with E-state index in [0.717, 1.165) is 0 Å². The van der Waals surface area contributed by atoms with Crippen LogP contribution in [0.3, 0.4) is 0 Å². The van der Waals surface area contributed by atoms with Gasteiger partial charge in [-0.05, 0) is 0 Å². The molecule has 1 atom stereocenters. The van der Waals surface area contributed by atoms with Gasteiger partial charge in [0, 0.05) is 0 Å². The van der Waals surface area contributed by atoms with E-state index in [1.54, 1.807) is 12.1 Å². The number of hydrogen-bond acceptors (Lipinski definition) is 3. The maximum Gasteiger partial charge on any atom is 0.163 e. The molecule has 9 heavy (non-hydrogen) atoms. The van der Waals surface area contributed by atoms with Crippen molar-refractivity contribution in [2.45, 2.75) is 6.10 Å². The summed E-state index contributed by atoms with van der Waals surface area (Å²) in [5.41, 5.74) is 0. The molecule has 0 radical (unpaired) electrons. The van der Waals surface area contributed by atoms with E-state index in [2.05, 4.69) is 6.58 Å². The summed E-state index contributed by atoms with van der Waals surface area (Å²) in [7, 11) is 0. The number of rotatable bonds is 4. The van der Waals surface area contributed by atoms with Gasteiger partial charge in [-0.25, -0.2) is 0 Å². The zero-order chi connectivity index (χ0) is 7.11. The predicted octanol–water partition coefficient (Wildman–Crippen LogP) is 0.0735. The predicted molar refractivity (Wildman–Crippen MR) is 32.6 cm³/mol. The van der Waals surface area contributed by atoms with Gasteiger partial charge in [-0.15, -0.1) is 6.58 Å². The summed E-state index contributed by atoms with van der Waals surface area (Å²) in [5, 5.41) is 16.6. The first kappa shape index (κ1) is 8.15. The SMILES string of the molecule is C=CCOC[C@@H](O)C#N. The van der Waals surface area contributed by atoms with Crippen LogP contribution in [0.4, 0.5) is 0 Å². The molecule has 0 aromatic rings. The highest BCUT2D eigenvalue weighted by Gasteiger charge is 1.97. The molecule has 1 N–H and O–H groups in total. The molecule has 0 fully saturated rings. The first-order valence-electron chi connectivity index (χ1n) is 2.57. The van der Waals surface area contributed by atoms with Crippen molar-refractivity contribution in [3.05, 3.63) is 12.7 Å². The summed E-state index contributed by atoms with van der Waals surface area (Å²) < 4.78 is 4.74. The fourth-order valence-electron chi connectivity index (χ4n) is 0.300. The summed E-state index contributed by atoms with van der Waals surface area (Å²) in [4.78, 5) is 0. The number of aliphatic hydroxyl groups is 1. The molecule has 0 amide bonds. The van der Waals surface area contributed by atoms with Crippen LogP contribution < -0.4 is 0 Å². The van der Waals surface area contributed by atoms with Crippen LogP contribution in [0.1, 0.15) is 0 Å². The van der Waals surface area contributed by atoms with Crippen molar-refractivity contribution in [1.82, 2.24) is 0 Å². The van der Waals surface area contributed by atoms with E-state index in [0.29, 0.717) is 6.61 Å². The number of nitriles is 1. The van der Waals surface area contributed by atoms with Crippen LogP contribution in [-0.4, -0.2) is 24.4 Å². The summed E-state index contributed by atoms with van der Waals surface area (Å²) >= 11 is 0. The molecule has 0 bridgehead atoms. The zero-order valence-corrected chi connectivity index (χ0v) is 5.08. The molecule has 0 saturated carbocycles. The lowest BCUT2D eigenvalue weighted by atomic mass is 10.4. The molecule has 3 heteroatoms. The first-order valence-corrected chi connectivity index (χ1v) is 2.57. The fraction of sp³-hybridized carbons (Fsp3) is 0.500. The van der Waals surface area contributed by atoms with E-state index in [-0.39, 0.29) is 6.61 Å². The molecule has 0 rings (SSSR count). The molecule has 0 saturated heterocycles. The number of aliphatic hydroxyl groups excluding tert-OH is 1. The maximum atomic E-state index is 8.56. The van der Waals surface area contributed by atoms with Crippen LogP contribution in [0.15, 0.2) is 12.7 Å². The number of nitrogens with zero attached hydrogens (tertiary/aromatic N) is 1. The van der Waals surface area contributed by atoms with Gasteiger partial charge in [0.2, 0.25) is 0 Å². The number of ether oxygens (including phenoxy) is 1. The average molecular weight is 127 g/mol. The highest BCUT2D eigenvalue weighted by Crippen LogP contribution is 1.81. The van der Waals surface area contributed by atoms with Gasteiger partial charge in [0.1, 0.15) is 0 Å². The molecule has 0 aliphatic rings. The molecule has 0 aliphatic carbocycles. The Morgan fingerprint density at radius 2 is 2.56 bits per heavy atom. The van der Waals surface area contributed by atoms with E-state index in [1.807, 2.05) is 0 Å². The van der Waals surface area contributed by atoms with Crippen LogP contribution in [0.5, 0.6) is 0 Å². The van der Waals surface area contributed by atoms with E-state index < -0.39 is 6.10 Å². The van der Waals surface area contributed by atoms with Crippen molar-refractivity contribution in [2.24, 2.45) is 0 Å². The topological polar surface area (TPSA) is 53.2 Å². The van der Waals surface area contributed by atoms with Crippen molar-refractivity contribution >= 4 is 0 Å². The Hall–Kier alpha value is -0.850. The third-order valence-corrected chi connectivity index (χ3v) is 0.660. The van der Waals surface area contributed by atoms with Crippen molar-refractivity contribution in [2.75, 3.05) is 13.2 Å². The minimum Gasteiger partial charge on any atom is -0.376 e. The van der Waals surface area contributed by atoms with Gasteiger partial charge in [-0.3, -0.25) is 0 Å². The van der Waals surface area contributed by atoms with E-state index >= 15 is 0 Å². The second-order valence-corrected chi connectivity index (χ2v) is 1.47. The zero-order valence-electron chi connectivity index (χ0n) is 5.08. The first-order chi connectivity index (χ1) is 4.31. The molecule has 3 nitrogen and oxygen atoms in total. The van der Waals surface area contributed by atoms with Crippen LogP contribution >= 0.6 is 0 Å². The molecule has 0 aliphatic heterocycles. The van der Waals surface area contributed by atoms with E-state index in [9.17, 15) is 0 Å². The van der Waals surface area contributed by atoms with Crippen LogP contribution in [0, 0.1) is 11.3 Å². The largest absolute Gasteiger partial charge is 0.376 e. The van der Waals surface area contributed by atoms with Crippen LogP contribution in [0.25, 0.3) is 0 Å². The highest BCUT2D eigenvalue weighted by atomic mass is 16.5. The molecule has 50 valence electrons. The summed E-state index contributed by atoms with van der Waals surface area (Å²) in [6, 6.07) is 1.62. The minimum absolute atomic E-state index is 0.0581. The van der Waals surface area contributed by atoms with E-state index in [4.69, 9.17) is 15.1 Å². The van der Waals surface area contributed by atoms with Crippen molar-refractivity contribution in [1.29, 1.82) is 5.26 Å². The Balaban J connectivity index is 3.08. The van der Waals surface area contributed by atoms with Gasteiger partial charge < -0.3 is 9.84 Å². The monoisotopic (exact) mass is 127 g/mol. The van der Waals surface area contributed by atoms with E-state index in [1.165, 1.54) is 0 Å². The third-order valence-electron chi connectivity index (χ3n) is 0.660. The van der Waals surface area contributed by atoms with Crippen molar-refractivity contribution in [3.63, 3.8) is 0 Å². The average Bonchev–Trinajstić information content (AvgIpc) is 1.89. The van der Waals surface area contributed by atoms with Crippen LogP contribution in [-0.2, 0) is 4.74 Å². The summed E-state index contributed by atoms with van der Waals surface area (Å²) in [6.07, 6.45) is 0.550. The van der Waals surface area contributed by atoms with Crippen molar-refractivity contribution < 1.29 is 9.84 Å². The minimum atomic E-state index is -1.01. The lowest BCUT2D eigenvalue weighted by molar-refractivity contribution is 0.0786. The lowest BCUT2D eigenvalue weighted by Gasteiger charge is -1.99. The smallest absolute Gasteiger partial charge is 0.163 e. The standard InChI is InChI=1S/C6H9NO2/c1-2-3-9-5-6(8)4-7/h2,6,8H,1,3,5H2/t6-/m0/s1. The summed E-state index contributed by atoms with van der Waals surface area (Å²) in [5.74, 6) is 0. The molecular formula is C6H9NO2. The second kappa shape index (κ2) is 5.29. The van der Waals surface area contributed by atoms with Gasteiger partial charge in [-0.2, -0.15) is 5.26 Å². The number of hydrogen-bond donors (Lipinski definition) is 1. The maximum absolute atomic E-state index is 8.56. The quantitative estimate of drug-likeness (QED) is 0.330. The Kier molecular flexibility index (Phi) is 4.79. The fourth-order valence-corrected chi connectivity index (χ4v) is 0.300. The third kappa shape index (κ3) is 5.01. The highest BCUT2D eigenvalue weighted by molar-refractivity contribution is 4.81. The Morgan fingerprint density at radius 3 is 3.00 bits per heavy atom. The molecule has 0 heterocycles. The van der Waals surface area contributed by atoms with Crippen LogP contribution in [0.2, 0.25) is 0 Å². The summed E-state index contributed by atoms with van der Waals surface area (Å²) in [6.45, 7) is 3.83.